The van der Waals surface area contributed by atoms with Crippen LogP contribution in [-0.4, -0.2) is 62.0 Å². The predicted molar refractivity (Wildman–Crippen MR) is 112 cm³/mol. The summed E-state index contributed by atoms with van der Waals surface area (Å²) in [4.78, 5) is 30.1. The number of rotatable bonds is 6. The van der Waals surface area contributed by atoms with E-state index in [4.69, 9.17) is 9.47 Å². The molecule has 0 aliphatic carbocycles. The number of nitrogens with zero attached hydrogens (tertiary/aromatic N) is 2. The summed E-state index contributed by atoms with van der Waals surface area (Å²) in [5.41, 5.74) is 0.946. The third-order valence-electron chi connectivity index (χ3n) is 6.08. The molecule has 6 heteroatoms. The maximum Gasteiger partial charge on any atom is 0.228 e. The van der Waals surface area contributed by atoms with Crippen LogP contribution < -0.4 is 9.47 Å². The molecule has 2 saturated heterocycles. The Bertz CT molecular complexity index is 728. The van der Waals surface area contributed by atoms with Gasteiger partial charge < -0.3 is 19.3 Å². The Balaban J connectivity index is 1.92. The second-order valence-corrected chi connectivity index (χ2v) is 8.60. The van der Waals surface area contributed by atoms with Crippen LogP contribution in [0.2, 0.25) is 0 Å². The molecule has 160 valence electrons. The van der Waals surface area contributed by atoms with Crippen molar-refractivity contribution in [2.75, 3.05) is 40.4 Å². The highest BCUT2D eigenvalue weighted by molar-refractivity contribution is 5.84. The number of ether oxygens (including phenoxy) is 2. The number of methoxy groups -OCH3 is 2. The van der Waals surface area contributed by atoms with Gasteiger partial charge in [-0.15, -0.1) is 0 Å². The first-order valence-corrected chi connectivity index (χ1v) is 10.7. The third-order valence-corrected chi connectivity index (χ3v) is 6.08. The Morgan fingerprint density at radius 3 is 2.38 bits per heavy atom. The lowest BCUT2D eigenvalue weighted by Crippen LogP contribution is -2.42. The first-order valence-electron chi connectivity index (χ1n) is 10.7. The molecular formula is C23H34N2O4. The molecule has 6 nitrogen and oxygen atoms in total. The highest BCUT2D eigenvalue weighted by atomic mass is 16.5. The Kier molecular flexibility index (Phi) is 7.04. The molecule has 3 rings (SSSR count). The van der Waals surface area contributed by atoms with Gasteiger partial charge in [-0.3, -0.25) is 9.59 Å². The van der Waals surface area contributed by atoms with Crippen LogP contribution in [0.1, 0.15) is 51.0 Å². The SMILES string of the molecule is COc1ccc(OC)c([C@H]2CN(C(=O)CC(C)C)C[C@H]2C(=O)N2CCCCC2)c1. The first-order chi connectivity index (χ1) is 13.9. The zero-order chi connectivity index (χ0) is 21.0. The number of benzene rings is 1. The molecule has 2 fully saturated rings. The summed E-state index contributed by atoms with van der Waals surface area (Å²) in [5.74, 6) is 1.72. The summed E-state index contributed by atoms with van der Waals surface area (Å²) >= 11 is 0. The maximum atomic E-state index is 13.4. The Morgan fingerprint density at radius 1 is 1.03 bits per heavy atom. The first kappa shape index (κ1) is 21.5. The molecule has 2 atom stereocenters. The zero-order valence-electron chi connectivity index (χ0n) is 18.1. The van der Waals surface area contributed by atoms with Gasteiger partial charge in [0.25, 0.3) is 0 Å². The Labute approximate surface area is 174 Å². The summed E-state index contributed by atoms with van der Waals surface area (Å²) in [6, 6.07) is 5.70. The molecule has 0 aromatic heterocycles. The molecule has 0 unspecified atom stereocenters. The van der Waals surface area contributed by atoms with Crippen LogP contribution in [0.15, 0.2) is 18.2 Å². The average Bonchev–Trinajstić information content (AvgIpc) is 3.18. The largest absolute Gasteiger partial charge is 0.497 e. The summed E-state index contributed by atoms with van der Waals surface area (Å²) in [6.07, 6.45) is 3.80. The van der Waals surface area contributed by atoms with Crippen molar-refractivity contribution < 1.29 is 19.1 Å². The fourth-order valence-electron chi connectivity index (χ4n) is 4.53. The van der Waals surface area contributed by atoms with Crippen LogP contribution in [-0.2, 0) is 9.59 Å². The van der Waals surface area contributed by atoms with Crippen molar-refractivity contribution in [3.8, 4) is 11.5 Å². The lowest BCUT2D eigenvalue weighted by Gasteiger charge is -2.31. The van der Waals surface area contributed by atoms with Gasteiger partial charge in [0, 0.05) is 44.1 Å². The van der Waals surface area contributed by atoms with Gasteiger partial charge in [-0.05, 0) is 43.4 Å². The molecule has 2 aliphatic rings. The van der Waals surface area contributed by atoms with E-state index in [1.807, 2.05) is 41.8 Å². The van der Waals surface area contributed by atoms with E-state index in [1.54, 1.807) is 14.2 Å². The Hall–Kier alpha value is -2.24. The number of carbonyl (C=O) groups excluding carboxylic acids is 2. The standard InChI is InChI=1S/C23H34N2O4/c1-16(2)12-22(26)25-14-19(18-13-17(28-3)8-9-21(18)29-4)20(15-25)23(27)24-10-6-5-7-11-24/h8-9,13,16,19-20H,5-7,10-12,14-15H2,1-4H3/t19-,20-/m1/s1. The van der Waals surface area contributed by atoms with E-state index in [0.29, 0.717) is 25.4 Å². The van der Waals surface area contributed by atoms with E-state index >= 15 is 0 Å². The lowest BCUT2D eigenvalue weighted by molar-refractivity contribution is -0.137. The van der Waals surface area contributed by atoms with E-state index in [9.17, 15) is 9.59 Å². The van der Waals surface area contributed by atoms with Gasteiger partial charge in [-0.25, -0.2) is 0 Å². The van der Waals surface area contributed by atoms with Gasteiger partial charge in [-0.2, -0.15) is 0 Å². The van der Waals surface area contributed by atoms with Crippen molar-refractivity contribution in [2.24, 2.45) is 11.8 Å². The normalized spacial score (nSPS) is 22.1. The van der Waals surface area contributed by atoms with E-state index in [0.717, 1.165) is 43.0 Å². The molecule has 2 heterocycles. The quantitative estimate of drug-likeness (QED) is 0.733. The zero-order valence-corrected chi connectivity index (χ0v) is 18.1. The van der Waals surface area contributed by atoms with Crippen LogP contribution in [0, 0.1) is 11.8 Å². The molecule has 29 heavy (non-hydrogen) atoms. The molecule has 2 aliphatic heterocycles. The van der Waals surface area contributed by atoms with E-state index in [-0.39, 0.29) is 23.7 Å². The van der Waals surface area contributed by atoms with E-state index < -0.39 is 0 Å². The number of carbonyl (C=O) groups is 2. The van der Waals surface area contributed by atoms with Crippen molar-refractivity contribution in [3.05, 3.63) is 23.8 Å². The van der Waals surface area contributed by atoms with E-state index in [1.165, 1.54) is 6.42 Å². The fourth-order valence-corrected chi connectivity index (χ4v) is 4.53. The van der Waals surface area contributed by atoms with Crippen LogP contribution in [0.5, 0.6) is 11.5 Å². The van der Waals surface area contributed by atoms with Gasteiger partial charge in [0.15, 0.2) is 0 Å². The van der Waals surface area contributed by atoms with Crippen molar-refractivity contribution in [2.45, 2.75) is 45.4 Å². The highest BCUT2D eigenvalue weighted by Crippen LogP contribution is 2.40. The lowest BCUT2D eigenvalue weighted by atomic mass is 9.86. The van der Waals surface area contributed by atoms with Crippen molar-refractivity contribution in [1.29, 1.82) is 0 Å². The third kappa shape index (κ3) is 4.85. The number of hydrogen-bond donors (Lipinski definition) is 0. The number of amides is 2. The second kappa shape index (κ2) is 9.51. The fraction of sp³-hybridized carbons (Fsp3) is 0.652. The molecule has 1 aromatic rings. The van der Waals surface area contributed by atoms with E-state index in [2.05, 4.69) is 0 Å². The molecule has 0 N–H and O–H groups in total. The highest BCUT2D eigenvalue weighted by Gasteiger charge is 2.43. The number of hydrogen-bond acceptors (Lipinski definition) is 4. The minimum atomic E-state index is -0.245. The van der Waals surface area contributed by atoms with Crippen molar-refractivity contribution in [3.63, 3.8) is 0 Å². The minimum absolute atomic E-state index is 0.0920. The molecule has 0 spiro atoms. The monoisotopic (exact) mass is 402 g/mol. The molecule has 0 bridgehead atoms. The topological polar surface area (TPSA) is 59.1 Å². The van der Waals surface area contributed by atoms with Crippen LogP contribution in [0.3, 0.4) is 0 Å². The minimum Gasteiger partial charge on any atom is -0.497 e. The molecule has 0 saturated carbocycles. The summed E-state index contributed by atoms with van der Waals surface area (Å²) in [7, 11) is 3.28. The summed E-state index contributed by atoms with van der Waals surface area (Å²) < 4.78 is 11.0. The van der Waals surface area contributed by atoms with Crippen LogP contribution >= 0.6 is 0 Å². The Morgan fingerprint density at radius 2 is 1.76 bits per heavy atom. The molecule has 1 aromatic carbocycles. The average molecular weight is 403 g/mol. The smallest absolute Gasteiger partial charge is 0.228 e. The van der Waals surface area contributed by atoms with Gasteiger partial charge >= 0.3 is 0 Å². The van der Waals surface area contributed by atoms with Crippen LogP contribution in [0.4, 0.5) is 0 Å². The molecular weight excluding hydrogens is 368 g/mol. The summed E-state index contributed by atoms with van der Waals surface area (Å²) in [5, 5.41) is 0. The molecule has 0 radical (unpaired) electrons. The number of likely N-dealkylation sites (tertiary alicyclic amines) is 2. The van der Waals surface area contributed by atoms with Gasteiger partial charge in [0.1, 0.15) is 11.5 Å². The van der Waals surface area contributed by atoms with Crippen molar-refractivity contribution >= 4 is 11.8 Å². The summed E-state index contributed by atoms with van der Waals surface area (Å²) in [6.45, 7) is 6.75. The second-order valence-electron chi connectivity index (χ2n) is 8.60. The van der Waals surface area contributed by atoms with Gasteiger partial charge in [-0.1, -0.05) is 13.8 Å². The molecule has 2 amide bonds. The predicted octanol–water partition coefficient (Wildman–Crippen LogP) is 3.30. The number of piperidine rings is 1. The van der Waals surface area contributed by atoms with Crippen molar-refractivity contribution in [1.82, 2.24) is 9.80 Å². The van der Waals surface area contributed by atoms with Crippen LogP contribution in [0.25, 0.3) is 0 Å². The maximum absolute atomic E-state index is 13.4. The van der Waals surface area contributed by atoms with Gasteiger partial charge in [0.05, 0.1) is 20.1 Å². The van der Waals surface area contributed by atoms with Gasteiger partial charge in [0.2, 0.25) is 11.8 Å².